The average Bonchev–Trinajstić information content (AvgIpc) is 3.12. The first kappa shape index (κ1) is 19.5. The van der Waals surface area contributed by atoms with Crippen LogP contribution in [0.2, 0.25) is 0 Å². The quantitative estimate of drug-likeness (QED) is 0.604. The smallest absolute Gasteiger partial charge is 0.404 e. The van der Waals surface area contributed by atoms with Crippen molar-refractivity contribution in [1.82, 2.24) is 15.2 Å². The molecule has 1 amide bonds. The molecule has 2 N–H and O–H groups in total. The van der Waals surface area contributed by atoms with E-state index in [0.29, 0.717) is 11.8 Å². The van der Waals surface area contributed by atoms with Crippen molar-refractivity contribution >= 4 is 27.6 Å². The normalized spacial score (nSPS) is 15.3. The lowest BCUT2D eigenvalue weighted by atomic mass is 10.1. The zero-order valence-electron chi connectivity index (χ0n) is 15.9. The van der Waals surface area contributed by atoms with Crippen LogP contribution in [0.15, 0.2) is 48.5 Å². The Morgan fingerprint density at radius 1 is 1.14 bits per heavy atom. The maximum atomic E-state index is 10.7. The number of carbonyl (C=O) groups is 1. The van der Waals surface area contributed by atoms with E-state index in [9.17, 15) is 4.79 Å². The number of rotatable bonds is 7. The van der Waals surface area contributed by atoms with Gasteiger partial charge in [-0.05, 0) is 49.2 Å². The maximum absolute atomic E-state index is 10.7. The minimum atomic E-state index is -0.942. The van der Waals surface area contributed by atoms with Gasteiger partial charge in [0.1, 0.15) is 18.1 Å². The number of piperidine rings is 1. The van der Waals surface area contributed by atoms with Crippen LogP contribution in [0.1, 0.15) is 12.8 Å². The second kappa shape index (κ2) is 9.11. The number of nitrogens with zero attached hydrogens (tertiary/aromatic N) is 2. The molecular weight excluding hydrogens is 390 g/mol. The minimum Gasteiger partial charge on any atom is -0.492 e. The first-order valence-electron chi connectivity index (χ1n) is 9.64. The van der Waals surface area contributed by atoms with Crippen molar-refractivity contribution in [3.8, 4) is 16.7 Å². The van der Waals surface area contributed by atoms with Crippen LogP contribution in [0.3, 0.4) is 0 Å². The van der Waals surface area contributed by atoms with Gasteiger partial charge in [-0.25, -0.2) is 9.78 Å². The molecule has 8 heteroatoms. The second-order valence-electron chi connectivity index (χ2n) is 6.93. The molecule has 29 heavy (non-hydrogen) atoms. The zero-order chi connectivity index (χ0) is 20.1. The Morgan fingerprint density at radius 3 is 2.59 bits per heavy atom. The molecule has 1 aromatic heterocycles. The van der Waals surface area contributed by atoms with E-state index in [0.717, 1.165) is 54.2 Å². The highest BCUT2D eigenvalue weighted by molar-refractivity contribution is 7.20. The Hall–Kier alpha value is -2.84. The SMILES string of the molecule is O=C(O)NC1CCN(CCOc2ccc(Oc3nc4ccccc4s3)cc2)CC1. The van der Waals surface area contributed by atoms with Gasteiger partial charge in [0.2, 0.25) is 0 Å². The summed E-state index contributed by atoms with van der Waals surface area (Å²) in [6, 6.07) is 15.6. The third-order valence-electron chi connectivity index (χ3n) is 4.89. The first-order chi connectivity index (χ1) is 14.2. The molecule has 152 valence electrons. The number of hydrogen-bond donors (Lipinski definition) is 2. The molecule has 1 aliphatic heterocycles. The number of ether oxygens (including phenoxy) is 2. The Bertz CT molecular complexity index is 919. The largest absolute Gasteiger partial charge is 0.492 e. The van der Waals surface area contributed by atoms with Gasteiger partial charge < -0.3 is 19.9 Å². The number of nitrogens with one attached hydrogen (secondary N) is 1. The van der Waals surface area contributed by atoms with Crippen molar-refractivity contribution < 1.29 is 19.4 Å². The van der Waals surface area contributed by atoms with Crippen LogP contribution >= 0.6 is 11.3 Å². The number of thiazole rings is 1. The molecule has 0 atom stereocenters. The number of likely N-dealkylation sites (tertiary alicyclic amines) is 1. The highest BCUT2D eigenvalue weighted by Gasteiger charge is 2.20. The molecular formula is C21H23N3O4S. The summed E-state index contributed by atoms with van der Waals surface area (Å²) in [5.41, 5.74) is 0.940. The number of amides is 1. The third kappa shape index (κ3) is 5.36. The summed E-state index contributed by atoms with van der Waals surface area (Å²) >= 11 is 1.52. The Morgan fingerprint density at radius 2 is 1.86 bits per heavy atom. The van der Waals surface area contributed by atoms with Gasteiger partial charge in [-0.3, -0.25) is 4.90 Å². The Labute approximate surface area is 172 Å². The van der Waals surface area contributed by atoms with Crippen molar-refractivity contribution in [2.24, 2.45) is 0 Å². The van der Waals surface area contributed by atoms with Crippen LogP contribution in [0, 0.1) is 0 Å². The molecule has 1 saturated heterocycles. The van der Waals surface area contributed by atoms with E-state index in [4.69, 9.17) is 14.6 Å². The molecule has 1 aliphatic rings. The van der Waals surface area contributed by atoms with E-state index < -0.39 is 6.09 Å². The molecule has 0 unspecified atom stereocenters. The van der Waals surface area contributed by atoms with Crippen LogP contribution in [-0.4, -0.2) is 53.4 Å². The lowest BCUT2D eigenvalue weighted by Gasteiger charge is -2.31. The number of hydrogen-bond acceptors (Lipinski definition) is 6. The fraction of sp³-hybridized carbons (Fsp3) is 0.333. The Kier molecular flexibility index (Phi) is 6.12. The molecule has 7 nitrogen and oxygen atoms in total. The fourth-order valence-electron chi connectivity index (χ4n) is 3.37. The second-order valence-corrected chi connectivity index (χ2v) is 7.93. The summed E-state index contributed by atoms with van der Waals surface area (Å²) in [5, 5.41) is 12.0. The number of aromatic nitrogens is 1. The highest BCUT2D eigenvalue weighted by Crippen LogP contribution is 2.31. The average molecular weight is 413 g/mol. The van der Waals surface area contributed by atoms with Gasteiger partial charge in [-0.2, -0.15) is 0 Å². The number of para-hydroxylation sites is 1. The van der Waals surface area contributed by atoms with Gasteiger partial charge in [0.15, 0.2) is 0 Å². The molecule has 4 rings (SSSR count). The number of fused-ring (bicyclic) bond motifs is 1. The highest BCUT2D eigenvalue weighted by atomic mass is 32.1. The van der Waals surface area contributed by atoms with Crippen molar-refractivity contribution in [1.29, 1.82) is 0 Å². The molecule has 2 heterocycles. The summed E-state index contributed by atoms with van der Waals surface area (Å²) in [7, 11) is 0. The lowest BCUT2D eigenvalue weighted by molar-refractivity contribution is 0.153. The maximum Gasteiger partial charge on any atom is 0.404 e. The van der Waals surface area contributed by atoms with E-state index in [-0.39, 0.29) is 6.04 Å². The van der Waals surface area contributed by atoms with E-state index in [1.807, 2.05) is 48.5 Å². The van der Waals surface area contributed by atoms with Gasteiger partial charge in [-0.1, -0.05) is 23.5 Å². The topological polar surface area (TPSA) is 83.9 Å². The van der Waals surface area contributed by atoms with E-state index in [1.54, 1.807) is 0 Å². The fourth-order valence-corrected chi connectivity index (χ4v) is 4.20. The van der Waals surface area contributed by atoms with Crippen LogP contribution in [0.5, 0.6) is 16.7 Å². The predicted octanol–water partition coefficient (Wildman–Crippen LogP) is 4.20. The van der Waals surface area contributed by atoms with Gasteiger partial charge in [0.05, 0.1) is 10.2 Å². The zero-order valence-corrected chi connectivity index (χ0v) is 16.7. The van der Waals surface area contributed by atoms with Gasteiger partial charge in [0, 0.05) is 25.7 Å². The van der Waals surface area contributed by atoms with Gasteiger partial charge in [0.25, 0.3) is 5.19 Å². The molecule has 2 aromatic carbocycles. The minimum absolute atomic E-state index is 0.0626. The third-order valence-corrected chi connectivity index (χ3v) is 5.81. The number of carboxylic acid groups (broad SMARTS) is 1. The molecule has 0 saturated carbocycles. The van der Waals surface area contributed by atoms with Crippen molar-refractivity contribution in [3.63, 3.8) is 0 Å². The summed E-state index contributed by atoms with van der Waals surface area (Å²) in [5.74, 6) is 1.52. The molecule has 0 aliphatic carbocycles. The van der Waals surface area contributed by atoms with Crippen LogP contribution in [0.25, 0.3) is 10.2 Å². The Balaban J connectivity index is 1.21. The predicted molar refractivity (Wildman–Crippen MR) is 112 cm³/mol. The van der Waals surface area contributed by atoms with Gasteiger partial charge in [-0.15, -0.1) is 0 Å². The summed E-state index contributed by atoms with van der Waals surface area (Å²) < 4.78 is 12.8. The summed E-state index contributed by atoms with van der Waals surface area (Å²) in [4.78, 5) is 17.5. The monoisotopic (exact) mass is 413 g/mol. The van der Waals surface area contributed by atoms with E-state index in [1.165, 1.54) is 11.3 Å². The van der Waals surface area contributed by atoms with E-state index >= 15 is 0 Å². The molecule has 0 radical (unpaired) electrons. The first-order valence-corrected chi connectivity index (χ1v) is 10.5. The standard InChI is InChI=1S/C21H23N3O4S/c25-20(26)22-15-9-11-24(12-10-15)13-14-27-16-5-7-17(8-6-16)28-21-23-18-3-1-2-4-19(18)29-21/h1-8,15,22H,9-14H2,(H,25,26). The number of benzene rings is 2. The molecule has 0 bridgehead atoms. The van der Waals surface area contributed by atoms with Gasteiger partial charge >= 0.3 is 6.09 Å². The van der Waals surface area contributed by atoms with Crippen LogP contribution in [-0.2, 0) is 0 Å². The van der Waals surface area contributed by atoms with Crippen molar-refractivity contribution in [2.45, 2.75) is 18.9 Å². The van der Waals surface area contributed by atoms with Crippen molar-refractivity contribution in [3.05, 3.63) is 48.5 Å². The van der Waals surface area contributed by atoms with E-state index in [2.05, 4.69) is 15.2 Å². The van der Waals surface area contributed by atoms with Crippen molar-refractivity contribution in [2.75, 3.05) is 26.2 Å². The van der Waals surface area contributed by atoms with Crippen LogP contribution < -0.4 is 14.8 Å². The molecule has 1 fully saturated rings. The molecule has 0 spiro atoms. The molecule has 3 aromatic rings. The lowest BCUT2D eigenvalue weighted by Crippen LogP contribution is -2.45. The summed E-state index contributed by atoms with van der Waals surface area (Å²) in [6.07, 6.45) is 0.733. The summed E-state index contributed by atoms with van der Waals surface area (Å²) in [6.45, 7) is 3.17. The van der Waals surface area contributed by atoms with Crippen LogP contribution in [0.4, 0.5) is 4.79 Å².